The molecule has 2 nitrogen and oxygen atoms in total. The van der Waals surface area contributed by atoms with E-state index in [1.54, 1.807) is 4.31 Å². The minimum Gasteiger partial charge on any atom is -0.293 e. The summed E-state index contributed by atoms with van der Waals surface area (Å²) in [6.45, 7) is 10.5. The molecule has 24 heavy (non-hydrogen) atoms. The number of fused-ring (bicyclic) bond motifs is 1. The molecular weight excluding hydrogens is 330 g/mol. The largest absolute Gasteiger partial charge is 0.293 e. The van der Waals surface area contributed by atoms with Crippen molar-refractivity contribution in [3.63, 3.8) is 0 Å². The molecule has 5 heteroatoms. The molecule has 0 bridgehead atoms. The lowest BCUT2D eigenvalue weighted by molar-refractivity contribution is 0.375. The van der Waals surface area contributed by atoms with Crippen molar-refractivity contribution in [1.82, 2.24) is 4.31 Å². The molecule has 0 saturated heterocycles. The second kappa shape index (κ2) is 5.79. The number of hydrogen-bond donors (Lipinski definition) is 2. The van der Waals surface area contributed by atoms with Crippen molar-refractivity contribution >= 4 is 52.1 Å². The third kappa shape index (κ3) is 2.53. The minimum atomic E-state index is -0.326. The molecular formula is C19H20BN2PS. The molecule has 0 aromatic heterocycles. The maximum Gasteiger partial charge on any atom is 0.139 e. The standard InChI is InChI=1S/C19H20BN2PS/c1-10-7-16(20)17(23)9-14(10)11(2)12-5-6-13-15(8-12)19(3,4)22(24)18(13)21/h5-9,21,24H,2,23H2,1,3-4H3. The molecule has 1 aliphatic rings. The van der Waals surface area contributed by atoms with Gasteiger partial charge in [-0.1, -0.05) is 43.1 Å². The average molecular weight is 350 g/mol. The number of hydrogen-bond acceptors (Lipinski definition) is 2. The van der Waals surface area contributed by atoms with Crippen molar-refractivity contribution in [3.8, 4) is 0 Å². The fourth-order valence-electron chi connectivity index (χ4n) is 3.18. The van der Waals surface area contributed by atoms with Crippen LogP contribution in [0.1, 0.15) is 41.7 Å². The van der Waals surface area contributed by atoms with Gasteiger partial charge < -0.3 is 0 Å². The molecule has 2 aromatic rings. The second-order valence-corrected chi connectivity index (χ2v) is 7.78. The van der Waals surface area contributed by atoms with Gasteiger partial charge in [-0.05, 0) is 66.0 Å². The quantitative estimate of drug-likeness (QED) is 0.486. The Hall–Kier alpha value is -1.51. The van der Waals surface area contributed by atoms with Crippen LogP contribution in [-0.4, -0.2) is 18.0 Å². The first kappa shape index (κ1) is 17.3. The Balaban J connectivity index is 2.10. The number of aryl methyl sites for hydroxylation is 1. The average Bonchev–Trinajstić information content (AvgIpc) is 2.71. The highest BCUT2D eigenvalue weighted by Crippen LogP contribution is 2.41. The van der Waals surface area contributed by atoms with E-state index < -0.39 is 0 Å². The summed E-state index contributed by atoms with van der Waals surface area (Å²) < 4.78 is 1.71. The SMILES string of the molecule is [B]c1cc(C)c(C(=C)c2ccc3c(c2)C(C)(C)N(S)C3=N)cc1P. The zero-order valence-electron chi connectivity index (χ0n) is 14.1. The predicted octanol–water partition coefficient (Wildman–Crippen LogP) is 3.07. The molecule has 1 atom stereocenters. The van der Waals surface area contributed by atoms with Crippen LogP contribution in [0.25, 0.3) is 5.57 Å². The Morgan fingerprint density at radius 3 is 2.62 bits per heavy atom. The number of thiol groups is 1. The van der Waals surface area contributed by atoms with Gasteiger partial charge in [-0.15, -0.1) is 9.24 Å². The normalized spacial score (nSPS) is 15.5. The van der Waals surface area contributed by atoms with Crippen molar-refractivity contribution in [2.75, 3.05) is 0 Å². The van der Waals surface area contributed by atoms with Crippen LogP contribution in [0.15, 0.2) is 36.9 Å². The third-order valence-corrected chi connectivity index (χ3v) is 5.98. The number of amidine groups is 1. The van der Waals surface area contributed by atoms with Gasteiger partial charge in [-0.25, -0.2) is 0 Å². The molecule has 2 radical (unpaired) electrons. The van der Waals surface area contributed by atoms with E-state index in [-0.39, 0.29) is 5.54 Å². The van der Waals surface area contributed by atoms with Gasteiger partial charge in [0.15, 0.2) is 0 Å². The topological polar surface area (TPSA) is 27.1 Å². The first-order valence-electron chi connectivity index (χ1n) is 7.72. The van der Waals surface area contributed by atoms with Gasteiger partial charge in [-0.3, -0.25) is 9.71 Å². The van der Waals surface area contributed by atoms with Crippen LogP contribution in [0, 0.1) is 12.3 Å². The molecule has 1 unspecified atom stereocenters. The van der Waals surface area contributed by atoms with Crippen molar-refractivity contribution in [3.05, 3.63) is 64.7 Å². The lowest BCUT2D eigenvalue weighted by atomic mass is 9.86. The molecule has 3 rings (SSSR count). The van der Waals surface area contributed by atoms with Crippen molar-refractivity contribution in [2.24, 2.45) is 0 Å². The van der Waals surface area contributed by atoms with Crippen LogP contribution in [0.5, 0.6) is 0 Å². The lowest BCUT2D eigenvalue weighted by Crippen LogP contribution is -2.31. The van der Waals surface area contributed by atoms with Crippen LogP contribution >= 0.6 is 22.1 Å². The lowest BCUT2D eigenvalue weighted by Gasteiger charge is -2.28. The van der Waals surface area contributed by atoms with Gasteiger partial charge in [0.1, 0.15) is 13.7 Å². The van der Waals surface area contributed by atoms with Crippen LogP contribution in [0.2, 0.25) is 0 Å². The first-order valence-corrected chi connectivity index (χ1v) is 8.70. The van der Waals surface area contributed by atoms with Crippen molar-refractivity contribution in [1.29, 1.82) is 5.41 Å². The molecule has 0 amide bonds. The molecule has 1 aliphatic heterocycles. The Morgan fingerprint density at radius 2 is 1.96 bits per heavy atom. The summed E-state index contributed by atoms with van der Waals surface area (Å²) in [5.74, 6) is 0.436. The fraction of sp³-hybridized carbons (Fsp3) is 0.211. The number of nitrogens with zero attached hydrogens (tertiary/aromatic N) is 1. The molecule has 0 fully saturated rings. The van der Waals surface area contributed by atoms with Gasteiger partial charge in [-0.2, -0.15) is 0 Å². The van der Waals surface area contributed by atoms with E-state index in [9.17, 15) is 0 Å². The van der Waals surface area contributed by atoms with E-state index in [1.165, 1.54) is 0 Å². The molecule has 0 saturated carbocycles. The van der Waals surface area contributed by atoms with Crippen LogP contribution < -0.4 is 10.8 Å². The van der Waals surface area contributed by atoms with Crippen LogP contribution in [-0.2, 0) is 5.54 Å². The monoisotopic (exact) mass is 350 g/mol. The van der Waals surface area contributed by atoms with Crippen molar-refractivity contribution in [2.45, 2.75) is 26.3 Å². The number of nitrogens with one attached hydrogen (secondary N) is 1. The van der Waals surface area contributed by atoms with Gasteiger partial charge >= 0.3 is 0 Å². The highest BCUT2D eigenvalue weighted by molar-refractivity contribution is 7.78. The highest BCUT2D eigenvalue weighted by Gasteiger charge is 2.39. The summed E-state index contributed by atoms with van der Waals surface area (Å²) in [4.78, 5) is 0. The van der Waals surface area contributed by atoms with E-state index in [2.05, 4.69) is 54.6 Å². The summed E-state index contributed by atoms with van der Waals surface area (Å²) >= 11 is 4.48. The highest BCUT2D eigenvalue weighted by atomic mass is 32.1. The minimum absolute atomic E-state index is 0.326. The molecule has 1 heterocycles. The van der Waals surface area contributed by atoms with Gasteiger partial charge in [0.2, 0.25) is 0 Å². The van der Waals surface area contributed by atoms with Gasteiger partial charge in [0.25, 0.3) is 0 Å². The summed E-state index contributed by atoms with van der Waals surface area (Å²) in [6, 6.07) is 10.2. The fourth-order valence-corrected chi connectivity index (χ4v) is 3.65. The smallest absolute Gasteiger partial charge is 0.139 e. The number of benzene rings is 2. The van der Waals surface area contributed by atoms with Crippen LogP contribution in [0.4, 0.5) is 0 Å². The summed E-state index contributed by atoms with van der Waals surface area (Å²) in [7, 11) is 8.65. The maximum absolute atomic E-state index is 8.23. The molecule has 0 aliphatic carbocycles. The summed E-state index contributed by atoms with van der Waals surface area (Å²) in [5.41, 5.74) is 6.66. The van der Waals surface area contributed by atoms with Crippen LogP contribution in [0.3, 0.4) is 0 Å². The third-order valence-electron chi connectivity index (χ3n) is 4.78. The zero-order valence-corrected chi connectivity index (χ0v) is 16.2. The van der Waals surface area contributed by atoms with E-state index in [1.807, 2.05) is 25.1 Å². The second-order valence-electron chi connectivity index (χ2n) is 6.75. The summed E-state index contributed by atoms with van der Waals surface area (Å²) in [6.07, 6.45) is 0. The summed E-state index contributed by atoms with van der Waals surface area (Å²) in [5, 5.41) is 9.20. The maximum atomic E-state index is 8.23. The van der Waals surface area contributed by atoms with E-state index in [0.29, 0.717) is 5.84 Å². The Bertz CT molecular complexity index is 889. The first-order chi connectivity index (χ1) is 11.1. The molecule has 0 spiro atoms. The van der Waals surface area contributed by atoms with E-state index >= 15 is 0 Å². The number of rotatable bonds is 2. The van der Waals surface area contributed by atoms with Gasteiger partial charge in [0, 0.05) is 5.56 Å². The van der Waals surface area contributed by atoms with Gasteiger partial charge in [0.05, 0.1) is 5.54 Å². The Kier molecular flexibility index (Phi) is 4.18. The molecule has 2 aromatic carbocycles. The Morgan fingerprint density at radius 1 is 1.29 bits per heavy atom. The molecule has 1 N–H and O–H groups in total. The zero-order chi connectivity index (χ0) is 17.8. The predicted molar refractivity (Wildman–Crippen MR) is 111 cm³/mol. The molecule has 120 valence electrons. The van der Waals surface area contributed by atoms with Crippen molar-refractivity contribution < 1.29 is 0 Å². The van der Waals surface area contributed by atoms with E-state index in [0.717, 1.165) is 44.2 Å². The van der Waals surface area contributed by atoms with E-state index in [4.69, 9.17) is 13.3 Å². The Labute approximate surface area is 153 Å².